The number of hydrogen-bond donors (Lipinski definition) is 1. The minimum Gasteiger partial charge on any atom is -0.496 e. The molecular weight excluding hydrogens is 434 g/mol. The van der Waals surface area contributed by atoms with Gasteiger partial charge in [-0.25, -0.2) is 9.97 Å². The van der Waals surface area contributed by atoms with Crippen LogP contribution in [0.25, 0.3) is 27.8 Å². The molecule has 3 aromatic heterocycles. The lowest BCUT2D eigenvalue weighted by Crippen LogP contribution is -2.15. The van der Waals surface area contributed by atoms with Crippen LogP contribution >= 0.6 is 0 Å². The standard InChI is InChI=1S/C24H23N7O3/c1-29-12-22(26-13-29)28-24(32)23-20(33-3)8-17(9-21(23)34-4)31-14-25-18-7-15(5-6-19(18)31)16-10-27-30(2)11-16/h5-14H,1-4H3,(H,28,32). The van der Waals surface area contributed by atoms with Crippen molar-refractivity contribution in [3.63, 3.8) is 0 Å². The van der Waals surface area contributed by atoms with Gasteiger partial charge in [-0.3, -0.25) is 14.0 Å². The second-order valence-corrected chi connectivity index (χ2v) is 7.82. The number of fused-ring (bicyclic) bond motifs is 1. The maximum Gasteiger partial charge on any atom is 0.264 e. The number of benzene rings is 2. The largest absolute Gasteiger partial charge is 0.496 e. The topological polar surface area (TPSA) is 101 Å². The van der Waals surface area contributed by atoms with Gasteiger partial charge < -0.3 is 19.4 Å². The average Bonchev–Trinajstić information content (AvgIpc) is 3.57. The zero-order chi connectivity index (χ0) is 23.8. The molecule has 172 valence electrons. The van der Waals surface area contributed by atoms with Gasteiger partial charge in [-0.2, -0.15) is 5.10 Å². The van der Waals surface area contributed by atoms with Crippen LogP contribution in [0.4, 0.5) is 5.82 Å². The van der Waals surface area contributed by atoms with Crippen molar-refractivity contribution >= 4 is 22.8 Å². The van der Waals surface area contributed by atoms with Crippen molar-refractivity contribution in [1.29, 1.82) is 0 Å². The van der Waals surface area contributed by atoms with E-state index in [2.05, 4.69) is 20.4 Å². The molecule has 0 saturated heterocycles. The minimum atomic E-state index is -0.379. The highest BCUT2D eigenvalue weighted by Crippen LogP contribution is 2.34. The first kappa shape index (κ1) is 21.3. The van der Waals surface area contributed by atoms with E-state index in [9.17, 15) is 4.79 Å². The van der Waals surface area contributed by atoms with Gasteiger partial charge in [0.2, 0.25) is 0 Å². The van der Waals surface area contributed by atoms with E-state index in [4.69, 9.17) is 9.47 Å². The van der Waals surface area contributed by atoms with E-state index in [0.717, 1.165) is 27.8 Å². The first-order valence-corrected chi connectivity index (χ1v) is 10.5. The van der Waals surface area contributed by atoms with Gasteiger partial charge in [0.05, 0.1) is 43.5 Å². The lowest BCUT2D eigenvalue weighted by Gasteiger charge is -2.15. The normalized spacial score (nSPS) is 11.1. The number of nitrogens with one attached hydrogen (secondary N) is 1. The molecule has 10 heteroatoms. The number of methoxy groups -OCH3 is 2. The molecule has 5 aromatic rings. The number of anilines is 1. The second kappa shape index (κ2) is 8.39. The summed E-state index contributed by atoms with van der Waals surface area (Å²) in [5, 5.41) is 7.02. The molecule has 0 aliphatic heterocycles. The van der Waals surface area contributed by atoms with Crippen molar-refractivity contribution in [1.82, 2.24) is 28.9 Å². The number of carbonyl (C=O) groups excluding carboxylic acids is 1. The Morgan fingerprint density at radius 2 is 1.71 bits per heavy atom. The smallest absolute Gasteiger partial charge is 0.264 e. The highest BCUT2D eigenvalue weighted by Gasteiger charge is 2.22. The third-order valence-electron chi connectivity index (χ3n) is 5.53. The molecule has 2 aromatic carbocycles. The molecule has 0 atom stereocenters. The average molecular weight is 457 g/mol. The van der Waals surface area contributed by atoms with E-state index in [1.54, 1.807) is 40.2 Å². The summed E-state index contributed by atoms with van der Waals surface area (Å²) in [7, 11) is 6.75. The fourth-order valence-corrected chi connectivity index (χ4v) is 3.89. The molecule has 3 heterocycles. The fourth-order valence-electron chi connectivity index (χ4n) is 3.89. The summed E-state index contributed by atoms with van der Waals surface area (Å²) in [5.41, 5.74) is 4.81. The van der Waals surface area contributed by atoms with Gasteiger partial charge in [0.1, 0.15) is 23.4 Å². The van der Waals surface area contributed by atoms with Crippen molar-refractivity contribution in [2.45, 2.75) is 0 Å². The molecule has 0 bridgehead atoms. The van der Waals surface area contributed by atoms with Gasteiger partial charge in [-0.05, 0) is 17.7 Å². The monoisotopic (exact) mass is 457 g/mol. The number of ether oxygens (including phenoxy) is 2. The van der Waals surface area contributed by atoms with Gasteiger partial charge in [0.25, 0.3) is 5.91 Å². The van der Waals surface area contributed by atoms with Crippen molar-refractivity contribution < 1.29 is 14.3 Å². The summed E-state index contributed by atoms with van der Waals surface area (Å²) in [6, 6.07) is 9.62. The number of hydrogen-bond acceptors (Lipinski definition) is 6. The molecule has 0 saturated carbocycles. The fraction of sp³-hybridized carbons (Fsp3) is 0.167. The molecule has 1 amide bonds. The van der Waals surface area contributed by atoms with Gasteiger partial charge >= 0.3 is 0 Å². The maximum absolute atomic E-state index is 13.0. The summed E-state index contributed by atoms with van der Waals surface area (Å²) in [4.78, 5) is 21.7. The third-order valence-corrected chi connectivity index (χ3v) is 5.53. The lowest BCUT2D eigenvalue weighted by molar-refractivity contribution is 0.102. The Hall–Kier alpha value is -4.60. The summed E-state index contributed by atoms with van der Waals surface area (Å²) in [6.45, 7) is 0. The van der Waals surface area contributed by atoms with E-state index < -0.39 is 0 Å². The molecule has 10 nitrogen and oxygen atoms in total. The Morgan fingerprint density at radius 1 is 0.941 bits per heavy atom. The van der Waals surface area contributed by atoms with E-state index in [0.29, 0.717) is 17.3 Å². The molecule has 0 radical (unpaired) electrons. The third kappa shape index (κ3) is 3.75. The molecule has 0 aliphatic carbocycles. The van der Waals surface area contributed by atoms with Crippen LogP contribution in [0.3, 0.4) is 0 Å². The summed E-state index contributed by atoms with van der Waals surface area (Å²) in [6.07, 6.45) is 8.84. The molecule has 5 rings (SSSR count). The zero-order valence-corrected chi connectivity index (χ0v) is 19.2. The van der Waals surface area contributed by atoms with Crippen molar-refractivity contribution in [3.05, 3.63) is 67.1 Å². The predicted molar refractivity (Wildman–Crippen MR) is 128 cm³/mol. The summed E-state index contributed by atoms with van der Waals surface area (Å²) >= 11 is 0. The Bertz CT molecular complexity index is 1490. The first-order valence-electron chi connectivity index (χ1n) is 10.5. The number of aryl methyl sites for hydroxylation is 2. The number of amides is 1. The van der Waals surface area contributed by atoms with Crippen LogP contribution in [0.15, 0.2) is 61.6 Å². The molecular formula is C24H23N7O3. The van der Waals surface area contributed by atoms with E-state index in [-0.39, 0.29) is 11.5 Å². The van der Waals surface area contributed by atoms with Gasteiger partial charge in [-0.15, -0.1) is 0 Å². The van der Waals surface area contributed by atoms with E-state index >= 15 is 0 Å². The van der Waals surface area contributed by atoms with Gasteiger partial charge in [-0.1, -0.05) is 6.07 Å². The second-order valence-electron chi connectivity index (χ2n) is 7.82. The molecule has 0 spiro atoms. The number of imidazole rings is 2. The van der Waals surface area contributed by atoms with Crippen molar-refractivity contribution in [2.24, 2.45) is 14.1 Å². The summed E-state index contributed by atoms with van der Waals surface area (Å²) < 4.78 is 16.6. The van der Waals surface area contributed by atoms with Crippen LogP contribution in [0, 0.1) is 0 Å². The number of carbonyl (C=O) groups is 1. The maximum atomic E-state index is 13.0. The Labute approximate surface area is 195 Å². The molecule has 34 heavy (non-hydrogen) atoms. The van der Waals surface area contributed by atoms with Crippen LogP contribution in [0.5, 0.6) is 11.5 Å². The molecule has 0 fully saturated rings. The SMILES string of the molecule is COc1cc(-n2cnc3cc(-c4cnn(C)c4)ccc32)cc(OC)c1C(=O)Nc1cn(C)cn1. The minimum absolute atomic E-state index is 0.280. The number of rotatable bonds is 6. The highest BCUT2D eigenvalue weighted by atomic mass is 16.5. The quantitative estimate of drug-likeness (QED) is 0.419. The summed E-state index contributed by atoms with van der Waals surface area (Å²) in [5.74, 6) is 0.800. The molecule has 0 unspecified atom stereocenters. The van der Waals surface area contributed by atoms with Gasteiger partial charge in [0, 0.05) is 44.2 Å². The molecule has 0 aliphatic rings. The Balaban J connectivity index is 1.54. The van der Waals surface area contributed by atoms with Crippen LogP contribution in [0.1, 0.15) is 10.4 Å². The number of aromatic nitrogens is 6. The Morgan fingerprint density at radius 3 is 2.32 bits per heavy atom. The zero-order valence-electron chi connectivity index (χ0n) is 19.2. The first-order chi connectivity index (χ1) is 16.5. The molecule has 1 N–H and O–H groups in total. The predicted octanol–water partition coefficient (Wildman–Crippen LogP) is 3.43. The van der Waals surface area contributed by atoms with E-state index in [1.165, 1.54) is 14.2 Å². The van der Waals surface area contributed by atoms with E-state index in [1.807, 2.05) is 49.3 Å². The van der Waals surface area contributed by atoms with Crippen molar-refractivity contribution in [2.75, 3.05) is 19.5 Å². The van der Waals surface area contributed by atoms with Gasteiger partial charge in [0.15, 0.2) is 5.82 Å². The van der Waals surface area contributed by atoms with Crippen molar-refractivity contribution in [3.8, 4) is 28.3 Å². The van der Waals surface area contributed by atoms with Crippen LogP contribution < -0.4 is 14.8 Å². The van der Waals surface area contributed by atoms with Crippen LogP contribution in [-0.4, -0.2) is 49.0 Å². The lowest BCUT2D eigenvalue weighted by atomic mass is 10.1. The van der Waals surface area contributed by atoms with Crippen LogP contribution in [0.2, 0.25) is 0 Å². The van der Waals surface area contributed by atoms with Crippen LogP contribution in [-0.2, 0) is 14.1 Å². The highest BCUT2D eigenvalue weighted by molar-refractivity contribution is 6.08. The number of nitrogens with zero attached hydrogens (tertiary/aromatic N) is 6. The Kier molecular flexibility index (Phi) is 5.25.